The first-order valence-electron chi connectivity index (χ1n) is 7.42. The second-order valence-corrected chi connectivity index (χ2v) is 5.36. The number of fused-ring (bicyclic) bond motifs is 1. The fraction of sp³-hybridized carbons (Fsp3) is 0.278. The van der Waals surface area contributed by atoms with E-state index in [4.69, 9.17) is 0 Å². The third kappa shape index (κ3) is 2.40. The van der Waals surface area contributed by atoms with Crippen molar-refractivity contribution in [2.75, 3.05) is 29.9 Å². The molecule has 0 fully saturated rings. The maximum absolute atomic E-state index is 12.2. The number of hydrogen-bond donors (Lipinski definition) is 0. The quantitative estimate of drug-likeness (QED) is 0.797. The van der Waals surface area contributed by atoms with Crippen LogP contribution >= 0.6 is 0 Å². The topological polar surface area (TPSA) is 23.6 Å². The van der Waals surface area contributed by atoms with Gasteiger partial charge in [0.2, 0.25) is 0 Å². The van der Waals surface area contributed by atoms with Gasteiger partial charge < -0.3 is 9.80 Å². The number of likely N-dealkylation sites (N-methyl/N-ethyl adjacent to an activating group) is 1. The summed E-state index contributed by atoms with van der Waals surface area (Å²) in [6.07, 6.45) is 0.534. The van der Waals surface area contributed by atoms with E-state index in [1.54, 1.807) is 0 Å². The predicted octanol–water partition coefficient (Wildman–Crippen LogP) is 3.87. The molecule has 0 amide bonds. The van der Waals surface area contributed by atoms with Gasteiger partial charge in [0, 0.05) is 32.1 Å². The van der Waals surface area contributed by atoms with Crippen molar-refractivity contribution in [1.29, 1.82) is 0 Å². The van der Waals surface area contributed by atoms with E-state index in [0.717, 1.165) is 24.3 Å². The SMILES string of the molecule is CCC(=O)c1ccccc1N1CCN(C)c2ccccc21. The Hall–Kier alpha value is -2.29. The number of nitrogens with zero attached hydrogens (tertiary/aromatic N) is 2. The highest BCUT2D eigenvalue weighted by Crippen LogP contribution is 2.38. The summed E-state index contributed by atoms with van der Waals surface area (Å²) in [5, 5.41) is 0. The van der Waals surface area contributed by atoms with Crippen LogP contribution in [0.2, 0.25) is 0 Å². The maximum Gasteiger partial charge on any atom is 0.164 e. The Morgan fingerprint density at radius 1 is 0.952 bits per heavy atom. The van der Waals surface area contributed by atoms with Gasteiger partial charge in [-0.1, -0.05) is 31.2 Å². The van der Waals surface area contributed by atoms with Gasteiger partial charge in [0.1, 0.15) is 0 Å². The summed E-state index contributed by atoms with van der Waals surface area (Å²) in [5.41, 5.74) is 4.22. The van der Waals surface area contributed by atoms with Gasteiger partial charge in [-0.3, -0.25) is 4.79 Å². The number of para-hydroxylation sites is 3. The third-order valence-electron chi connectivity index (χ3n) is 4.06. The van der Waals surface area contributed by atoms with Crippen molar-refractivity contribution < 1.29 is 4.79 Å². The lowest BCUT2D eigenvalue weighted by molar-refractivity contribution is 0.0988. The molecular weight excluding hydrogens is 260 g/mol. The molecule has 0 bridgehead atoms. The van der Waals surface area contributed by atoms with E-state index in [2.05, 4.69) is 41.1 Å². The van der Waals surface area contributed by atoms with Crippen molar-refractivity contribution in [3.63, 3.8) is 0 Å². The fourth-order valence-electron chi connectivity index (χ4n) is 2.89. The van der Waals surface area contributed by atoms with Crippen molar-refractivity contribution in [3.8, 4) is 0 Å². The summed E-state index contributed by atoms with van der Waals surface area (Å²) in [5.74, 6) is 0.196. The van der Waals surface area contributed by atoms with E-state index < -0.39 is 0 Å². The van der Waals surface area contributed by atoms with Gasteiger partial charge in [-0.25, -0.2) is 0 Å². The van der Waals surface area contributed by atoms with E-state index >= 15 is 0 Å². The average molecular weight is 280 g/mol. The first-order valence-corrected chi connectivity index (χ1v) is 7.42. The molecule has 3 rings (SSSR count). The minimum atomic E-state index is 0.196. The number of Topliss-reactive ketones (excluding diaryl/α,β-unsaturated/α-hetero) is 1. The minimum absolute atomic E-state index is 0.196. The van der Waals surface area contributed by atoms with Gasteiger partial charge in [0.25, 0.3) is 0 Å². The minimum Gasteiger partial charge on any atom is -0.371 e. The fourth-order valence-corrected chi connectivity index (χ4v) is 2.89. The Morgan fingerprint density at radius 2 is 1.57 bits per heavy atom. The standard InChI is InChI=1S/C18H20N2O/c1-3-18(21)14-8-4-5-9-15(14)20-13-12-19(2)16-10-6-7-11-17(16)20/h4-11H,3,12-13H2,1-2H3. The predicted molar refractivity (Wildman–Crippen MR) is 87.8 cm³/mol. The van der Waals surface area contributed by atoms with Gasteiger partial charge in [-0.15, -0.1) is 0 Å². The van der Waals surface area contributed by atoms with Crippen LogP contribution in [0.25, 0.3) is 0 Å². The molecule has 0 N–H and O–H groups in total. The van der Waals surface area contributed by atoms with Crippen LogP contribution in [-0.4, -0.2) is 25.9 Å². The Kier molecular flexibility index (Phi) is 3.65. The zero-order valence-corrected chi connectivity index (χ0v) is 12.5. The van der Waals surface area contributed by atoms with E-state index in [1.807, 2.05) is 31.2 Å². The smallest absolute Gasteiger partial charge is 0.164 e. The highest BCUT2D eigenvalue weighted by Gasteiger charge is 2.23. The van der Waals surface area contributed by atoms with E-state index in [-0.39, 0.29) is 5.78 Å². The molecule has 0 atom stereocenters. The number of anilines is 3. The Balaban J connectivity index is 2.10. The number of hydrogen-bond acceptors (Lipinski definition) is 3. The van der Waals surface area contributed by atoms with Gasteiger partial charge in [-0.2, -0.15) is 0 Å². The first kappa shape index (κ1) is 13.7. The van der Waals surface area contributed by atoms with Crippen LogP contribution in [0.3, 0.4) is 0 Å². The molecule has 0 saturated carbocycles. The van der Waals surface area contributed by atoms with E-state index in [1.165, 1.54) is 11.4 Å². The highest BCUT2D eigenvalue weighted by atomic mass is 16.1. The average Bonchev–Trinajstić information content (AvgIpc) is 2.55. The maximum atomic E-state index is 12.2. The number of carbonyl (C=O) groups excluding carboxylic acids is 1. The summed E-state index contributed by atoms with van der Waals surface area (Å²) in [4.78, 5) is 16.7. The van der Waals surface area contributed by atoms with Crippen molar-refractivity contribution in [3.05, 3.63) is 54.1 Å². The number of rotatable bonds is 3. The monoisotopic (exact) mass is 280 g/mol. The molecule has 2 aromatic carbocycles. The van der Waals surface area contributed by atoms with Crippen molar-refractivity contribution in [2.45, 2.75) is 13.3 Å². The van der Waals surface area contributed by atoms with Gasteiger partial charge >= 0.3 is 0 Å². The summed E-state index contributed by atoms with van der Waals surface area (Å²) < 4.78 is 0. The van der Waals surface area contributed by atoms with Crippen molar-refractivity contribution in [2.24, 2.45) is 0 Å². The molecule has 0 aromatic heterocycles. The molecule has 1 aliphatic rings. The molecule has 0 radical (unpaired) electrons. The summed E-state index contributed by atoms with van der Waals surface area (Å²) in [6, 6.07) is 16.3. The molecule has 108 valence electrons. The lowest BCUT2D eigenvalue weighted by Crippen LogP contribution is -2.37. The van der Waals surface area contributed by atoms with Gasteiger partial charge in [0.05, 0.1) is 17.1 Å². The Morgan fingerprint density at radius 3 is 2.29 bits per heavy atom. The van der Waals surface area contributed by atoms with Crippen LogP contribution in [0.5, 0.6) is 0 Å². The highest BCUT2D eigenvalue weighted by molar-refractivity contribution is 6.02. The van der Waals surface area contributed by atoms with Crippen molar-refractivity contribution >= 4 is 22.8 Å². The summed E-state index contributed by atoms with van der Waals surface area (Å²) in [6.45, 7) is 3.75. The Bertz CT molecular complexity index is 666. The van der Waals surface area contributed by atoms with Crippen LogP contribution < -0.4 is 9.80 Å². The Labute approximate surface area is 125 Å². The molecule has 1 heterocycles. The van der Waals surface area contributed by atoms with E-state index in [0.29, 0.717) is 6.42 Å². The zero-order chi connectivity index (χ0) is 14.8. The molecule has 0 saturated heterocycles. The van der Waals surface area contributed by atoms with Gasteiger partial charge in [-0.05, 0) is 24.3 Å². The molecule has 2 aromatic rings. The molecule has 0 spiro atoms. The second kappa shape index (κ2) is 5.60. The number of benzene rings is 2. The lowest BCUT2D eigenvalue weighted by Gasteiger charge is -2.37. The molecule has 0 aliphatic carbocycles. The molecule has 0 unspecified atom stereocenters. The van der Waals surface area contributed by atoms with Crippen LogP contribution in [0.15, 0.2) is 48.5 Å². The lowest BCUT2D eigenvalue weighted by atomic mass is 10.0. The van der Waals surface area contributed by atoms with Crippen LogP contribution in [0, 0.1) is 0 Å². The number of carbonyl (C=O) groups is 1. The second-order valence-electron chi connectivity index (χ2n) is 5.36. The zero-order valence-electron chi connectivity index (χ0n) is 12.5. The first-order chi connectivity index (χ1) is 10.2. The van der Waals surface area contributed by atoms with Crippen molar-refractivity contribution in [1.82, 2.24) is 0 Å². The molecule has 3 nitrogen and oxygen atoms in total. The summed E-state index contributed by atoms with van der Waals surface area (Å²) >= 11 is 0. The molecular formula is C18H20N2O. The normalized spacial score (nSPS) is 14.0. The molecule has 1 aliphatic heterocycles. The number of ketones is 1. The van der Waals surface area contributed by atoms with Crippen LogP contribution in [0.4, 0.5) is 17.1 Å². The largest absolute Gasteiger partial charge is 0.371 e. The molecule has 21 heavy (non-hydrogen) atoms. The molecule has 3 heteroatoms. The summed E-state index contributed by atoms with van der Waals surface area (Å²) in [7, 11) is 2.11. The van der Waals surface area contributed by atoms with Crippen LogP contribution in [0.1, 0.15) is 23.7 Å². The van der Waals surface area contributed by atoms with Gasteiger partial charge in [0.15, 0.2) is 5.78 Å². The van der Waals surface area contributed by atoms with E-state index in [9.17, 15) is 4.79 Å². The van der Waals surface area contributed by atoms with Crippen LogP contribution in [-0.2, 0) is 0 Å². The third-order valence-corrected chi connectivity index (χ3v) is 4.06.